The monoisotopic (exact) mass is 287 g/mol. The van der Waals surface area contributed by atoms with E-state index in [-0.39, 0.29) is 11.7 Å². The third-order valence-electron chi connectivity index (χ3n) is 3.30. The number of benzene rings is 2. The van der Waals surface area contributed by atoms with E-state index in [4.69, 9.17) is 0 Å². The fraction of sp³-hybridized carbons (Fsp3) is 0.188. The molecule has 0 saturated heterocycles. The largest absolute Gasteiger partial charge is 0.310 e. The van der Waals surface area contributed by atoms with Gasteiger partial charge in [-0.15, -0.1) is 11.8 Å². The SMILES string of the molecule is O=C(Cc1ccc(F)cc1)N1CCSc2ccccc21. The molecule has 1 amide bonds. The van der Waals surface area contributed by atoms with Crippen LogP contribution in [0.1, 0.15) is 5.56 Å². The molecule has 0 radical (unpaired) electrons. The van der Waals surface area contributed by atoms with E-state index >= 15 is 0 Å². The molecule has 0 fully saturated rings. The van der Waals surface area contributed by atoms with Crippen LogP contribution in [-0.4, -0.2) is 18.2 Å². The van der Waals surface area contributed by atoms with Crippen LogP contribution in [0, 0.1) is 5.82 Å². The Morgan fingerprint density at radius 1 is 1.15 bits per heavy atom. The predicted octanol–water partition coefficient (Wildman–Crippen LogP) is 3.51. The zero-order valence-corrected chi connectivity index (χ0v) is 11.7. The van der Waals surface area contributed by atoms with Gasteiger partial charge in [0.05, 0.1) is 12.1 Å². The quantitative estimate of drug-likeness (QED) is 0.842. The number of carbonyl (C=O) groups excluding carboxylic acids is 1. The van der Waals surface area contributed by atoms with E-state index in [2.05, 4.69) is 0 Å². The molecule has 102 valence electrons. The van der Waals surface area contributed by atoms with Crippen molar-refractivity contribution >= 4 is 23.4 Å². The van der Waals surface area contributed by atoms with Gasteiger partial charge in [0, 0.05) is 17.2 Å². The highest BCUT2D eigenvalue weighted by molar-refractivity contribution is 7.99. The molecule has 2 aromatic rings. The van der Waals surface area contributed by atoms with Crippen LogP contribution in [0.5, 0.6) is 0 Å². The smallest absolute Gasteiger partial charge is 0.231 e. The molecule has 3 rings (SSSR count). The van der Waals surface area contributed by atoms with Crippen LogP contribution in [0.3, 0.4) is 0 Å². The molecule has 0 aliphatic carbocycles. The summed E-state index contributed by atoms with van der Waals surface area (Å²) in [7, 11) is 0. The zero-order chi connectivity index (χ0) is 13.9. The first-order valence-electron chi connectivity index (χ1n) is 6.51. The van der Waals surface area contributed by atoms with Gasteiger partial charge >= 0.3 is 0 Å². The van der Waals surface area contributed by atoms with Crippen LogP contribution in [0.25, 0.3) is 0 Å². The second-order valence-electron chi connectivity index (χ2n) is 4.66. The van der Waals surface area contributed by atoms with Crippen LogP contribution in [-0.2, 0) is 11.2 Å². The number of para-hydroxylation sites is 1. The normalized spacial score (nSPS) is 13.9. The van der Waals surface area contributed by atoms with Gasteiger partial charge in [0.2, 0.25) is 5.91 Å². The lowest BCUT2D eigenvalue weighted by Gasteiger charge is -2.29. The number of hydrogen-bond donors (Lipinski definition) is 0. The van der Waals surface area contributed by atoms with Gasteiger partial charge in [0.25, 0.3) is 0 Å². The second-order valence-corrected chi connectivity index (χ2v) is 5.80. The van der Waals surface area contributed by atoms with E-state index in [9.17, 15) is 9.18 Å². The number of thioether (sulfide) groups is 1. The molecule has 2 aromatic carbocycles. The van der Waals surface area contributed by atoms with E-state index in [0.717, 1.165) is 28.4 Å². The number of amides is 1. The lowest BCUT2D eigenvalue weighted by atomic mass is 10.1. The van der Waals surface area contributed by atoms with E-state index in [0.29, 0.717) is 6.42 Å². The number of hydrogen-bond acceptors (Lipinski definition) is 2. The highest BCUT2D eigenvalue weighted by Gasteiger charge is 2.22. The van der Waals surface area contributed by atoms with Crippen molar-refractivity contribution in [2.24, 2.45) is 0 Å². The molecule has 0 atom stereocenters. The van der Waals surface area contributed by atoms with Gasteiger partial charge in [0.15, 0.2) is 0 Å². The third-order valence-corrected chi connectivity index (χ3v) is 4.34. The number of halogens is 1. The van der Waals surface area contributed by atoms with Crippen molar-refractivity contribution < 1.29 is 9.18 Å². The van der Waals surface area contributed by atoms with Gasteiger partial charge < -0.3 is 4.90 Å². The molecule has 0 N–H and O–H groups in total. The fourth-order valence-corrected chi connectivity index (χ4v) is 3.30. The second kappa shape index (κ2) is 5.67. The summed E-state index contributed by atoms with van der Waals surface area (Å²) in [5.74, 6) is 0.692. The highest BCUT2D eigenvalue weighted by atomic mass is 32.2. The molecule has 0 unspecified atom stereocenters. The molecular weight excluding hydrogens is 273 g/mol. The Bertz CT molecular complexity index is 627. The molecule has 0 saturated carbocycles. The van der Waals surface area contributed by atoms with Crippen molar-refractivity contribution in [1.82, 2.24) is 0 Å². The Kier molecular flexibility index (Phi) is 3.74. The Labute approximate surface area is 121 Å². The van der Waals surface area contributed by atoms with Crippen LogP contribution in [0.2, 0.25) is 0 Å². The summed E-state index contributed by atoms with van der Waals surface area (Å²) < 4.78 is 12.9. The molecule has 4 heteroatoms. The Morgan fingerprint density at radius 3 is 2.70 bits per heavy atom. The molecule has 1 heterocycles. The lowest BCUT2D eigenvalue weighted by Crippen LogP contribution is -2.36. The lowest BCUT2D eigenvalue weighted by molar-refractivity contribution is -0.118. The predicted molar refractivity (Wildman–Crippen MR) is 79.6 cm³/mol. The van der Waals surface area contributed by atoms with E-state index in [1.54, 1.807) is 23.9 Å². The molecule has 1 aliphatic heterocycles. The van der Waals surface area contributed by atoms with Crippen molar-refractivity contribution in [2.75, 3.05) is 17.2 Å². The highest BCUT2D eigenvalue weighted by Crippen LogP contribution is 2.34. The van der Waals surface area contributed by atoms with Crippen molar-refractivity contribution in [3.05, 3.63) is 59.9 Å². The van der Waals surface area contributed by atoms with Crippen LogP contribution < -0.4 is 4.90 Å². The third kappa shape index (κ3) is 2.70. The number of nitrogens with zero attached hydrogens (tertiary/aromatic N) is 1. The summed E-state index contributed by atoms with van der Waals surface area (Å²) in [5.41, 5.74) is 1.82. The van der Waals surface area contributed by atoms with Gasteiger partial charge in [-0.1, -0.05) is 24.3 Å². The summed E-state index contributed by atoms with van der Waals surface area (Å²) in [6.07, 6.45) is 0.305. The fourth-order valence-electron chi connectivity index (χ4n) is 2.30. The van der Waals surface area contributed by atoms with E-state index in [1.807, 2.05) is 29.2 Å². The van der Waals surface area contributed by atoms with Crippen LogP contribution in [0.15, 0.2) is 53.4 Å². The summed E-state index contributed by atoms with van der Waals surface area (Å²) in [4.78, 5) is 15.4. The van der Waals surface area contributed by atoms with Gasteiger partial charge in [-0.3, -0.25) is 4.79 Å². The molecule has 1 aliphatic rings. The van der Waals surface area contributed by atoms with Gasteiger partial charge in [0.1, 0.15) is 5.82 Å². The van der Waals surface area contributed by atoms with Crippen molar-refractivity contribution in [1.29, 1.82) is 0 Å². The molecule has 20 heavy (non-hydrogen) atoms. The van der Waals surface area contributed by atoms with Crippen LogP contribution >= 0.6 is 11.8 Å². The Morgan fingerprint density at radius 2 is 1.90 bits per heavy atom. The number of fused-ring (bicyclic) bond motifs is 1. The van der Waals surface area contributed by atoms with Crippen molar-refractivity contribution in [2.45, 2.75) is 11.3 Å². The minimum atomic E-state index is -0.277. The molecule has 2 nitrogen and oxygen atoms in total. The minimum absolute atomic E-state index is 0.0596. The first-order valence-corrected chi connectivity index (χ1v) is 7.49. The zero-order valence-electron chi connectivity index (χ0n) is 10.9. The molecule has 0 aromatic heterocycles. The van der Waals surface area contributed by atoms with Gasteiger partial charge in [-0.2, -0.15) is 0 Å². The first kappa shape index (κ1) is 13.2. The van der Waals surface area contributed by atoms with Gasteiger partial charge in [-0.25, -0.2) is 4.39 Å². The van der Waals surface area contributed by atoms with E-state index in [1.165, 1.54) is 12.1 Å². The maximum Gasteiger partial charge on any atom is 0.231 e. The first-order chi connectivity index (χ1) is 9.74. The summed E-state index contributed by atoms with van der Waals surface area (Å²) in [6, 6.07) is 14.1. The average Bonchev–Trinajstić information content (AvgIpc) is 2.49. The van der Waals surface area contributed by atoms with Crippen molar-refractivity contribution in [3.8, 4) is 0 Å². The number of anilines is 1. The maximum absolute atomic E-state index is 12.9. The number of rotatable bonds is 2. The average molecular weight is 287 g/mol. The molecule has 0 bridgehead atoms. The summed E-state index contributed by atoms with van der Waals surface area (Å²) in [6.45, 7) is 0.724. The minimum Gasteiger partial charge on any atom is -0.310 e. The van der Waals surface area contributed by atoms with Crippen molar-refractivity contribution in [3.63, 3.8) is 0 Å². The Hall–Kier alpha value is -1.81. The van der Waals surface area contributed by atoms with Gasteiger partial charge in [-0.05, 0) is 29.8 Å². The molecule has 0 spiro atoms. The van der Waals surface area contributed by atoms with E-state index < -0.39 is 0 Å². The standard InChI is InChI=1S/C16H14FNOS/c17-13-7-5-12(6-8-13)11-16(19)18-9-10-20-15-4-2-1-3-14(15)18/h1-8H,9-11H2. The Balaban J connectivity index is 1.80. The summed E-state index contributed by atoms with van der Waals surface area (Å²) >= 11 is 1.77. The number of carbonyl (C=O) groups is 1. The van der Waals surface area contributed by atoms with Crippen LogP contribution in [0.4, 0.5) is 10.1 Å². The summed E-state index contributed by atoms with van der Waals surface area (Å²) in [5, 5.41) is 0. The molecular formula is C16H14FNOS. The topological polar surface area (TPSA) is 20.3 Å². The maximum atomic E-state index is 12.9.